The lowest BCUT2D eigenvalue weighted by Gasteiger charge is -2.32. The van der Waals surface area contributed by atoms with Gasteiger partial charge in [0, 0.05) is 17.6 Å². The highest BCUT2D eigenvalue weighted by Crippen LogP contribution is 2.34. The van der Waals surface area contributed by atoms with E-state index < -0.39 is 15.8 Å². The van der Waals surface area contributed by atoms with Crippen molar-refractivity contribution in [2.75, 3.05) is 26.7 Å². The highest BCUT2D eigenvalue weighted by Gasteiger charge is 2.33. The molecule has 2 rings (SSSR count). The molecule has 22 heavy (non-hydrogen) atoms. The molecule has 1 N–H and O–H groups in total. The second kappa shape index (κ2) is 8.26. The Hall–Kier alpha value is 0.0800. The Balaban J connectivity index is 0.00000242. The van der Waals surface area contributed by atoms with Gasteiger partial charge in [0.15, 0.2) is 0 Å². The molecule has 0 aliphatic carbocycles. The molecule has 126 valence electrons. The van der Waals surface area contributed by atoms with Crippen molar-refractivity contribution in [2.45, 2.75) is 17.7 Å². The van der Waals surface area contributed by atoms with E-state index in [-0.39, 0.29) is 32.7 Å². The Kier molecular flexibility index (Phi) is 7.56. The fraction of sp³-hybridized carbons (Fsp3) is 0.538. The Morgan fingerprint density at radius 1 is 1.50 bits per heavy atom. The number of nitrogens with one attached hydrogen (secondary N) is 1. The predicted octanol–water partition coefficient (Wildman–Crippen LogP) is 3.28. The maximum Gasteiger partial charge on any atom is 0.245 e. The van der Waals surface area contributed by atoms with Gasteiger partial charge < -0.3 is 5.32 Å². The summed E-state index contributed by atoms with van der Waals surface area (Å²) in [4.78, 5) is -0.0596. The third-order valence-corrected chi connectivity index (χ3v) is 6.80. The summed E-state index contributed by atoms with van der Waals surface area (Å²) in [5.41, 5.74) is 0. The van der Waals surface area contributed by atoms with E-state index >= 15 is 0 Å². The highest BCUT2D eigenvalue weighted by molar-refractivity contribution is 9.10. The fourth-order valence-electron chi connectivity index (χ4n) is 2.60. The van der Waals surface area contributed by atoms with Crippen molar-refractivity contribution < 1.29 is 12.8 Å². The first-order chi connectivity index (χ1) is 9.86. The summed E-state index contributed by atoms with van der Waals surface area (Å²) >= 11 is 9.05. The van der Waals surface area contributed by atoms with E-state index in [4.69, 9.17) is 11.6 Å². The Morgan fingerprint density at radius 3 is 2.77 bits per heavy atom. The molecule has 0 radical (unpaired) electrons. The number of sulfonamides is 1. The van der Waals surface area contributed by atoms with E-state index in [1.807, 2.05) is 7.05 Å². The average Bonchev–Trinajstić information content (AvgIpc) is 2.37. The lowest BCUT2D eigenvalue weighted by molar-refractivity contribution is 0.263. The number of piperidine rings is 1. The Bertz CT molecular complexity index is 605. The van der Waals surface area contributed by atoms with Crippen LogP contribution in [0.15, 0.2) is 21.5 Å². The lowest BCUT2D eigenvalue weighted by Crippen LogP contribution is -2.42. The minimum absolute atomic E-state index is 0. The molecule has 1 unspecified atom stereocenters. The van der Waals surface area contributed by atoms with Gasteiger partial charge in [-0.2, -0.15) is 4.31 Å². The van der Waals surface area contributed by atoms with E-state index in [1.54, 1.807) is 0 Å². The van der Waals surface area contributed by atoms with E-state index in [0.29, 0.717) is 13.1 Å². The van der Waals surface area contributed by atoms with Crippen molar-refractivity contribution in [1.29, 1.82) is 0 Å². The number of nitrogens with zero attached hydrogens (tertiary/aromatic N) is 1. The first-order valence-corrected chi connectivity index (χ1v) is 9.26. The van der Waals surface area contributed by atoms with Crippen molar-refractivity contribution >= 4 is 50.0 Å². The molecule has 1 aliphatic rings. The Labute approximate surface area is 150 Å². The SMILES string of the molecule is CNCC1CCCN(S(=O)(=O)c2c(Cl)cc(F)cc2Br)C1.Cl. The molecule has 1 aromatic rings. The van der Waals surface area contributed by atoms with Gasteiger partial charge in [0.2, 0.25) is 10.0 Å². The van der Waals surface area contributed by atoms with Crippen molar-refractivity contribution in [3.63, 3.8) is 0 Å². The molecule has 1 aliphatic heterocycles. The van der Waals surface area contributed by atoms with Crippen LogP contribution in [0, 0.1) is 11.7 Å². The second-order valence-corrected chi connectivity index (χ2v) is 8.26. The smallest absolute Gasteiger partial charge is 0.245 e. The van der Waals surface area contributed by atoms with E-state index in [1.165, 1.54) is 4.31 Å². The van der Waals surface area contributed by atoms with Crippen molar-refractivity contribution in [1.82, 2.24) is 9.62 Å². The molecule has 0 saturated carbocycles. The quantitative estimate of drug-likeness (QED) is 0.789. The summed E-state index contributed by atoms with van der Waals surface area (Å²) in [6.45, 7) is 1.68. The molecule has 1 fully saturated rings. The topological polar surface area (TPSA) is 49.4 Å². The van der Waals surface area contributed by atoms with Crippen LogP contribution in [0.2, 0.25) is 5.02 Å². The third kappa shape index (κ3) is 4.33. The Morgan fingerprint density at radius 2 is 2.18 bits per heavy atom. The molecule has 1 aromatic carbocycles. The number of benzene rings is 1. The standard InChI is InChI=1S/C13H17BrClFN2O2S.ClH/c1-17-7-9-3-2-4-18(8-9)21(19,20)13-11(14)5-10(16)6-12(13)15;/h5-6,9,17H,2-4,7-8H2,1H3;1H. The number of rotatable bonds is 4. The number of halogens is 4. The zero-order valence-corrected chi connectivity index (χ0v) is 16.0. The minimum Gasteiger partial charge on any atom is -0.319 e. The molecule has 0 amide bonds. The van der Waals surface area contributed by atoms with Gasteiger partial charge in [-0.25, -0.2) is 12.8 Å². The molecule has 0 bridgehead atoms. The van der Waals surface area contributed by atoms with Crippen LogP contribution < -0.4 is 5.32 Å². The van der Waals surface area contributed by atoms with Crippen LogP contribution in [-0.4, -0.2) is 39.4 Å². The zero-order chi connectivity index (χ0) is 15.6. The summed E-state index contributed by atoms with van der Waals surface area (Å²) in [5.74, 6) is -0.297. The monoisotopic (exact) mass is 434 g/mol. The normalized spacial score (nSPS) is 19.7. The third-order valence-electron chi connectivity index (χ3n) is 3.54. The largest absolute Gasteiger partial charge is 0.319 e. The van der Waals surface area contributed by atoms with Gasteiger partial charge in [0.25, 0.3) is 0 Å². The van der Waals surface area contributed by atoms with Crippen molar-refractivity contribution in [3.8, 4) is 0 Å². The minimum atomic E-state index is -3.73. The zero-order valence-electron chi connectivity index (χ0n) is 12.0. The molecule has 1 saturated heterocycles. The van der Waals surface area contributed by atoms with Crippen molar-refractivity contribution in [3.05, 3.63) is 27.4 Å². The van der Waals surface area contributed by atoms with Gasteiger partial charge in [-0.3, -0.25) is 0 Å². The summed E-state index contributed by atoms with van der Waals surface area (Å²) < 4.78 is 40.4. The molecule has 1 heterocycles. The maximum atomic E-state index is 13.3. The highest BCUT2D eigenvalue weighted by atomic mass is 79.9. The molecule has 0 spiro atoms. The average molecular weight is 436 g/mol. The van der Waals surface area contributed by atoms with Gasteiger partial charge in [-0.15, -0.1) is 12.4 Å². The molecular weight excluding hydrogens is 418 g/mol. The van der Waals surface area contributed by atoms with Crippen LogP contribution in [0.4, 0.5) is 4.39 Å². The van der Waals surface area contributed by atoms with Gasteiger partial charge in [-0.05, 0) is 60.4 Å². The maximum absolute atomic E-state index is 13.3. The number of hydrogen-bond donors (Lipinski definition) is 1. The molecule has 4 nitrogen and oxygen atoms in total. The van der Waals surface area contributed by atoms with Crippen LogP contribution in [0.3, 0.4) is 0 Å². The molecule has 1 atom stereocenters. The van der Waals surface area contributed by atoms with Crippen LogP contribution in [0.5, 0.6) is 0 Å². The summed E-state index contributed by atoms with van der Waals surface area (Å²) in [6, 6.07) is 2.14. The van der Waals surface area contributed by atoms with Gasteiger partial charge >= 0.3 is 0 Å². The lowest BCUT2D eigenvalue weighted by atomic mass is 10.00. The van der Waals surface area contributed by atoms with Crippen LogP contribution in [0.1, 0.15) is 12.8 Å². The van der Waals surface area contributed by atoms with E-state index in [9.17, 15) is 12.8 Å². The summed E-state index contributed by atoms with van der Waals surface area (Å²) in [6.07, 6.45) is 1.80. The van der Waals surface area contributed by atoms with Gasteiger partial charge in [0.05, 0.1) is 5.02 Å². The van der Waals surface area contributed by atoms with E-state index in [2.05, 4.69) is 21.2 Å². The van der Waals surface area contributed by atoms with Crippen LogP contribution in [-0.2, 0) is 10.0 Å². The molecule has 9 heteroatoms. The van der Waals surface area contributed by atoms with E-state index in [0.717, 1.165) is 31.5 Å². The second-order valence-electron chi connectivity index (χ2n) is 5.13. The van der Waals surface area contributed by atoms with Crippen LogP contribution >= 0.6 is 39.9 Å². The van der Waals surface area contributed by atoms with Gasteiger partial charge in [-0.1, -0.05) is 11.6 Å². The molecular formula is C13H18BrCl2FN2O2S. The summed E-state index contributed by atoms with van der Waals surface area (Å²) in [5, 5.41) is 2.97. The summed E-state index contributed by atoms with van der Waals surface area (Å²) in [7, 11) is -1.88. The van der Waals surface area contributed by atoms with Gasteiger partial charge in [0.1, 0.15) is 10.7 Å². The van der Waals surface area contributed by atoms with Crippen LogP contribution in [0.25, 0.3) is 0 Å². The van der Waals surface area contributed by atoms with Crippen molar-refractivity contribution in [2.24, 2.45) is 5.92 Å². The fourth-order valence-corrected chi connectivity index (χ4v) is 5.91. The molecule has 0 aromatic heterocycles. The predicted molar refractivity (Wildman–Crippen MR) is 91.8 cm³/mol. The first kappa shape index (κ1) is 20.1. The first-order valence-electron chi connectivity index (χ1n) is 6.65. The number of hydrogen-bond acceptors (Lipinski definition) is 3.